The highest BCUT2D eigenvalue weighted by atomic mass is 16.3. The summed E-state index contributed by atoms with van der Waals surface area (Å²) in [5, 5.41) is 33.2. The minimum absolute atomic E-state index is 0.000690. The highest BCUT2D eigenvalue weighted by molar-refractivity contribution is 5.76. The van der Waals surface area contributed by atoms with Crippen LogP contribution in [-0.4, -0.2) is 46.1 Å². The minimum Gasteiger partial charge on any atom is -0.394 e. The summed E-state index contributed by atoms with van der Waals surface area (Å²) < 4.78 is 0. The maximum Gasteiger partial charge on any atom is 0.222 e. The molecule has 0 saturated heterocycles. The van der Waals surface area contributed by atoms with Crippen molar-refractivity contribution in [3.8, 4) is 0 Å². The van der Waals surface area contributed by atoms with E-state index in [0.717, 1.165) is 44.9 Å². The fourth-order valence-electron chi connectivity index (χ4n) is 6.70. The van der Waals surface area contributed by atoms with Crippen LogP contribution < -0.4 is 5.32 Å². The van der Waals surface area contributed by atoms with Crippen LogP contribution in [0.2, 0.25) is 0 Å². The lowest BCUT2D eigenvalue weighted by atomic mass is 10.0. The minimum atomic E-state index is -0.953. The van der Waals surface area contributed by atoms with Crippen LogP contribution in [0.15, 0.2) is 36.5 Å². The van der Waals surface area contributed by atoms with E-state index < -0.39 is 18.2 Å². The number of allylic oxidation sites excluding steroid dienone is 5. The first-order valence-corrected chi connectivity index (χ1v) is 22.3. The number of nitrogens with one attached hydrogen (secondary N) is 1. The molecule has 5 nitrogen and oxygen atoms in total. The van der Waals surface area contributed by atoms with Crippen molar-refractivity contribution in [2.75, 3.05) is 6.61 Å². The van der Waals surface area contributed by atoms with Crippen molar-refractivity contribution >= 4 is 5.91 Å². The van der Waals surface area contributed by atoms with E-state index >= 15 is 0 Å². The number of amides is 1. The molecule has 0 heterocycles. The van der Waals surface area contributed by atoms with E-state index in [-0.39, 0.29) is 18.9 Å². The first-order chi connectivity index (χ1) is 25.0. The van der Waals surface area contributed by atoms with E-state index in [9.17, 15) is 20.1 Å². The van der Waals surface area contributed by atoms with Crippen LogP contribution in [0.25, 0.3) is 0 Å². The highest BCUT2D eigenvalue weighted by Crippen LogP contribution is 2.14. The molecule has 51 heavy (non-hydrogen) atoms. The maximum atomic E-state index is 12.4. The van der Waals surface area contributed by atoms with Gasteiger partial charge in [0.1, 0.15) is 0 Å². The second-order valence-electron chi connectivity index (χ2n) is 15.3. The smallest absolute Gasteiger partial charge is 0.222 e. The summed E-state index contributed by atoms with van der Waals surface area (Å²) in [5.41, 5.74) is 0. The van der Waals surface area contributed by atoms with Crippen molar-refractivity contribution in [2.24, 2.45) is 0 Å². The van der Waals surface area contributed by atoms with Crippen molar-refractivity contribution in [3.05, 3.63) is 36.5 Å². The Morgan fingerprint density at radius 3 is 1.25 bits per heavy atom. The van der Waals surface area contributed by atoms with Gasteiger partial charge in [-0.3, -0.25) is 4.79 Å². The molecule has 0 fully saturated rings. The van der Waals surface area contributed by atoms with Gasteiger partial charge in [0, 0.05) is 0 Å². The SMILES string of the molecule is CCCCCCCCCCCC/C=C/CC/C=C/C(O)C(CO)NC(=O)CC(O)CCCCCCC/C=C\CCCCCCCCCCCCC. The molecular weight excluding hydrogens is 631 g/mol. The van der Waals surface area contributed by atoms with Crippen molar-refractivity contribution in [3.63, 3.8) is 0 Å². The molecule has 1 amide bonds. The van der Waals surface area contributed by atoms with Gasteiger partial charge < -0.3 is 20.6 Å². The molecule has 0 bridgehead atoms. The molecule has 0 aromatic rings. The standard InChI is InChI=1S/C46H87NO4/c1-3-5-7-9-11-13-15-17-19-21-22-23-24-25-27-29-31-33-35-37-39-43(49)41-46(51)47-44(42-48)45(50)40-38-36-34-32-30-28-26-20-18-16-14-12-10-8-6-4-2/h24-25,30,32,38,40,43-45,48-50H,3-23,26-29,31,33-37,39,41-42H2,1-2H3,(H,47,51)/b25-24-,32-30+,40-38+. The third-order valence-corrected chi connectivity index (χ3v) is 10.1. The zero-order valence-electron chi connectivity index (χ0n) is 34.0. The Labute approximate surface area is 317 Å². The third-order valence-electron chi connectivity index (χ3n) is 10.1. The highest BCUT2D eigenvalue weighted by Gasteiger charge is 2.20. The summed E-state index contributed by atoms with van der Waals surface area (Å²) in [7, 11) is 0. The molecule has 0 rings (SSSR count). The van der Waals surface area contributed by atoms with Gasteiger partial charge in [-0.2, -0.15) is 0 Å². The second-order valence-corrected chi connectivity index (χ2v) is 15.3. The van der Waals surface area contributed by atoms with Gasteiger partial charge in [0.2, 0.25) is 5.91 Å². The molecule has 300 valence electrons. The molecule has 4 N–H and O–H groups in total. The Bertz CT molecular complexity index is 794. The van der Waals surface area contributed by atoms with Gasteiger partial charge in [-0.25, -0.2) is 0 Å². The number of carbonyl (C=O) groups excluding carboxylic acids is 1. The van der Waals surface area contributed by atoms with Crippen LogP contribution in [0.5, 0.6) is 0 Å². The van der Waals surface area contributed by atoms with E-state index in [2.05, 4.69) is 43.5 Å². The fraction of sp³-hybridized carbons (Fsp3) is 0.848. The number of unbranched alkanes of at least 4 members (excludes halogenated alkanes) is 27. The molecule has 0 radical (unpaired) electrons. The lowest BCUT2D eigenvalue weighted by Crippen LogP contribution is -2.45. The first kappa shape index (κ1) is 49.6. The first-order valence-electron chi connectivity index (χ1n) is 22.3. The molecule has 0 aliphatic heterocycles. The summed E-state index contributed by atoms with van der Waals surface area (Å²) in [6.07, 6.45) is 51.4. The number of hydrogen-bond acceptors (Lipinski definition) is 4. The van der Waals surface area contributed by atoms with E-state index in [4.69, 9.17) is 0 Å². The van der Waals surface area contributed by atoms with E-state index in [1.165, 1.54) is 154 Å². The van der Waals surface area contributed by atoms with Crippen LogP contribution in [0.1, 0.15) is 226 Å². The quantitative estimate of drug-likeness (QED) is 0.0375. The molecule has 0 aromatic carbocycles. The van der Waals surface area contributed by atoms with Crippen molar-refractivity contribution in [1.82, 2.24) is 5.32 Å². The van der Waals surface area contributed by atoms with Crippen LogP contribution in [0, 0.1) is 0 Å². The number of rotatable bonds is 40. The van der Waals surface area contributed by atoms with Gasteiger partial charge in [0.05, 0.1) is 31.3 Å². The lowest BCUT2D eigenvalue weighted by molar-refractivity contribution is -0.124. The van der Waals surface area contributed by atoms with Crippen LogP contribution in [0.4, 0.5) is 0 Å². The maximum absolute atomic E-state index is 12.4. The lowest BCUT2D eigenvalue weighted by Gasteiger charge is -2.20. The van der Waals surface area contributed by atoms with Crippen LogP contribution in [-0.2, 0) is 4.79 Å². The molecule has 0 aliphatic carbocycles. The Hall–Kier alpha value is -1.43. The molecule has 0 saturated carbocycles. The van der Waals surface area contributed by atoms with Gasteiger partial charge in [0.15, 0.2) is 0 Å². The summed E-state index contributed by atoms with van der Waals surface area (Å²) in [6.45, 7) is 4.20. The summed E-state index contributed by atoms with van der Waals surface area (Å²) in [4.78, 5) is 12.4. The zero-order chi connectivity index (χ0) is 37.3. The summed E-state index contributed by atoms with van der Waals surface area (Å²) in [5.74, 6) is -0.330. The Morgan fingerprint density at radius 1 is 0.490 bits per heavy atom. The number of aliphatic hydroxyl groups is 3. The van der Waals surface area contributed by atoms with Crippen LogP contribution >= 0.6 is 0 Å². The predicted molar refractivity (Wildman–Crippen MR) is 222 cm³/mol. The van der Waals surface area contributed by atoms with Gasteiger partial charge in [-0.05, 0) is 57.8 Å². The van der Waals surface area contributed by atoms with Crippen LogP contribution in [0.3, 0.4) is 0 Å². The molecule has 0 aromatic heterocycles. The van der Waals surface area contributed by atoms with Crippen molar-refractivity contribution in [1.29, 1.82) is 0 Å². The largest absolute Gasteiger partial charge is 0.394 e. The predicted octanol–water partition coefficient (Wildman–Crippen LogP) is 12.8. The molecule has 5 heteroatoms. The number of hydrogen-bond donors (Lipinski definition) is 4. The van der Waals surface area contributed by atoms with Gasteiger partial charge in [0.25, 0.3) is 0 Å². The number of carbonyl (C=O) groups is 1. The topological polar surface area (TPSA) is 89.8 Å². The molecule has 0 aliphatic rings. The van der Waals surface area contributed by atoms with Gasteiger partial charge in [-0.15, -0.1) is 0 Å². The Kier molecular flexibility index (Phi) is 40.2. The average molecular weight is 718 g/mol. The summed E-state index contributed by atoms with van der Waals surface area (Å²) >= 11 is 0. The van der Waals surface area contributed by atoms with Gasteiger partial charge in [-0.1, -0.05) is 198 Å². The second kappa shape index (κ2) is 41.3. The Morgan fingerprint density at radius 2 is 0.843 bits per heavy atom. The average Bonchev–Trinajstić information content (AvgIpc) is 3.12. The van der Waals surface area contributed by atoms with E-state index in [1.807, 2.05) is 6.08 Å². The molecular formula is C46H87NO4. The van der Waals surface area contributed by atoms with Crippen molar-refractivity contribution < 1.29 is 20.1 Å². The molecule has 0 spiro atoms. The van der Waals surface area contributed by atoms with Gasteiger partial charge >= 0.3 is 0 Å². The third kappa shape index (κ3) is 38.1. The Balaban J connectivity index is 3.71. The van der Waals surface area contributed by atoms with E-state index in [0.29, 0.717) is 6.42 Å². The monoisotopic (exact) mass is 718 g/mol. The normalized spacial score (nSPS) is 13.9. The molecule has 3 atom stereocenters. The fourth-order valence-corrected chi connectivity index (χ4v) is 6.70. The van der Waals surface area contributed by atoms with Crippen molar-refractivity contribution in [2.45, 2.75) is 244 Å². The number of aliphatic hydroxyl groups excluding tert-OH is 3. The zero-order valence-corrected chi connectivity index (χ0v) is 34.0. The molecule has 3 unspecified atom stereocenters. The summed E-state index contributed by atoms with van der Waals surface area (Å²) in [6, 6.07) is -0.762. The van der Waals surface area contributed by atoms with E-state index in [1.54, 1.807) is 6.08 Å².